The van der Waals surface area contributed by atoms with Crippen LogP contribution in [0.3, 0.4) is 0 Å². The number of carbonyl (C=O) groups excluding carboxylic acids is 1. The van der Waals surface area contributed by atoms with Gasteiger partial charge in [0.1, 0.15) is 5.82 Å². The molecule has 1 aromatic carbocycles. The minimum absolute atomic E-state index is 0.102. The van der Waals surface area contributed by atoms with E-state index >= 15 is 0 Å². The zero-order chi connectivity index (χ0) is 16.7. The summed E-state index contributed by atoms with van der Waals surface area (Å²) in [4.78, 5) is 11.4. The molecule has 1 aromatic rings. The van der Waals surface area contributed by atoms with Crippen molar-refractivity contribution in [1.29, 1.82) is 0 Å². The topological polar surface area (TPSA) is 44.8 Å². The van der Waals surface area contributed by atoms with Crippen molar-refractivity contribution in [3.63, 3.8) is 0 Å². The molecule has 0 N–H and O–H groups in total. The van der Waals surface area contributed by atoms with Crippen LogP contribution in [0.4, 0.5) is 4.39 Å². The number of benzene rings is 1. The molecule has 1 saturated heterocycles. The Morgan fingerprint density at radius 1 is 1.27 bits per heavy atom. The summed E-state index contributed by atoms with van der Waals surface area (Å²) < 4.78 is 30.7. The van der Waals surface area contributed by atoms with Crippen molar-refractivity contribution < 1.29 is 23.2 Å². The van der Waals surface area contributed by atoms with Gasteiger partial charge in [-0.15, -0.1) is 0 Å². The van der Waals surface area contributed by atoms with E-state index in [0.717, 1.165) is 0 Å². The van der Waals surface area contributed by atoms with Crippen molar-refractivity contribution in [2.24, 2.45) is 5.92 Å². The molecular formula is C16H22BFO4. The molecule has 0 amide bonds. The first kappa shape index (κ1) is 17.0. The molecule has 1 aliphatic rings. The Morgan fingerprint density at radius 3 is 2.36 bits per heavy atom. The van der Waals surface area contributed by atoms with Crippen LogP contribution in [0, 0.1) is 11.7 Å². The summed E-state index contributed by atoms with van der Waals surface area (Å²) in [5.74, 6) is -1.12. The van der Waals surface area contributed by atoms with Crippen LogP contribution in [0.1, 0.15) is 45.0 Å². The average molecular weight is 308 g/mol. The lowest BCUT2D eigenvalue weighted by Crippen LogP contribution is -2.48. The Bertz CT molecular complexity index is 588. The lowest BCUT2D eigenvalue weighted by molar-refractivity contribution is -0.0435. The zero-order valence-corrected chi connectivity index (χ0v) is 13.9. The van der Waals surface area contributed by atoms with Gasteiger partial charge in [0.05, 0.1) is 23.9 Å². The number of ether oxygens (including phenoxy) is 1. The van der Waals surface area contributed by atoms with Gasteiger partial charge in [-0.25, -0.2) is 9.18 Å². The predicted octanol–water partition coefficient (Wildman–Crippen LogP) is 2.55. The Labute approximate surface area is 131 Å². The van der Waals surface area contributed by atoms with E-state index in [1.54, 1.807) is 6.07 Å². The lowest BCUT2D eigenvalue weighted by Gasteiger charge is -2.39. The van der Waals surface area contributed by atoms with Crippen LogP contribution >= 0.6 is 0 Å². The summed E-state index contributed by atoms with van der Waals surface area (Å²) in [6, 6.07) is 4.28. The van der Waals surface area contributed by atoms with Gasteiger partial charge in [-0.05, 0) is 44.3 Å². The van der Waals surface area contributed by atoms with Gasteiger partial charge in [0.25, 0.3) is 0 Å². The van der Waals surface area contributed by atoms with Gasteiger partial charge in [-0.3, -0.25) is 0 Å². The SMILES string of the molecule is COC(=O)c1ccc(B2OC(C)(C)C(C)(C(C)C)O2)cc1F. The Balaban J connectivity index is 2.31. The van der Waals surface area contributed by atoms with Crippen LogP contribution in [-0.2, 0) is 14.0 Å². The van der Waals surface area contributed by atoms with Crippen molar-refractivity contribution >= 4 is 18.6 Å². The molecule has 1 aliphatic heterocycles. The minimum atomic E-state index is -0.704. The molecule has 0 aromatic heterocycles. The molecule has 1 atom stereocenters. The van der Waals surface area contributed by atoms with E-state index < -0.39 is 30.1 Å². The van der Waals surface area contributed by atoms with E-state index in [4.69, 9.17) is 9.31 Å². The average Bonchev–Trinajstić information content (AvgIpc) is 2.69. The third-order valence-corrected chi connectivity index (χ3v) is 4.72. The second-order valence-corrected chi connectivity index (χ2v) is 6.57. The molecule has 1 unspecified atom stereocenters. The molecular weight excluding hydrogens is 286 g/mol. The quantitative estimate of drug-likeness (QED) is 0.636. The van der Waals surface area contributed by atoms with Crippen LogP contribution in [0.5, 0.6) is 0 Å². The molecule has 2 rings (SSSR count). The van der Waals surface area contributed by atoms with Gasteiger partial charge in [0, 0.05) is 0 Å². The number of hydrogen-bond donors (Lipinski definition) is 0. The largest absolute Gasteiger partial charge is 0.494 e. The molecule has 0 aliphatic carbocycles. The summed E-state index contributed by atoms with van der Waals surface area (Å²) in [6.07, 6.45) is 0. The fraction of sp³-hybridized carbons (Fsp3) is 0.562. The summed E-state index contributed by atoms with van der Waals surface area (Å²) >= 11 is 0. The van der Waals surface area contributed by atoms with Gasteiger partial charge in [0.2, 0.25) is 0 Å². The highest BCUT2D eigenvalue weighted by atomic mass is 19.1. The molecule has 1 fully saturated rings. The minimum Gasteiger partial charge on any atom is -0.465 e. The highest BCUT2D eigenvalue weighted by Crippen LogP contribution is 2.42. The van der Waals surface area contributed by atoms with Crippen molar-refractivity contribution in [3.05, 3.63) is 29.6 Å². The highest BCUT2D eigenvalue weighted by molar-refractivity contribution is 6.62. The maximum absolute atomic E-state index is 14.1. The Hall–Kier alpha value is -1.40. The van der Waals surface area contributed by atoms with E-state index in [0.29, 0.717) is 5.46 Å². The lowest BCUT2D eigenvalue weighted by atomic mass is 9.78. The maximum Gasteiger partial charge on any atom is 0.494 e. The standard InChI is InChI=1S/C16H22BFO4/c1-10(2)16(5)15(3,4)21-17(22-16)11-7-8-12(13(18)9-11)14(19)20-6/h7-10H,1-6H3. The highest BCUT2D eigenvalue weighted by Gasteiger charge is 2.56. The number of methoxy groups -OCH3 is 1. The van der Waals surface area contributed by atoms with Crippen LogP contribution in [-0.4, -0.2) is 31.4 Å². The van der Waals surface area contributed by atoms with Gasteiger partial charge in [-0.1, -0.05) is 19.9 Å². The van der Waals surface area contributed by atoms with Crippen LogP contribution in [0.25, 0.3) is 0 Å². The summed E-state index contributed by atoms with van der Waals surface area (Å²) in [5.41, 5.74) is -0.559. The first-order chi connectivity index (χ1) is 10.1. The fourth-order valence-electron chi connectivity index (χ4n) is 2.69. The second-order valence-electron chi connectivity index (χ2n) is 6.57. The third kappa shape index (κ3) is 2.65. The van der Waals surface area contributed by atoms with Gasteiger partial charge >= 0.3 is 13.1 Å². The molecule has 120 valence electrons. The summed E-state index contributed by atoms with van der Waals surface area (Å²) in [5, 5.41) is 0. The fourth-order valence-corrected chi connectivity index (χ4v) is 2.69. The molecule has 0 radical (unpaired) electrons. The molecule has 1 heterocycles. The Morgan fingerprint density at radius 2 is 1.91 bits per heavy atom. The van der Waals surface area contributed by atoms with Crippen LogP contribution in [0.15, 0.2) is 18.2 Å². The summed E-state index contributed by atoms with van der Waals surface area (Å²) in [7, 11) is 0.554. The monoisotopic (exact) mass is 308 g/mol. The number of rotatable bonds is 3. The maximum atomic E-state index is 14.1. The number of esters is 1. The van der Waals surface area contributed by atoms with Crippen LogP contribution in [0.2, 0.25) is 0 Å². The van der Waals surface area contributed by atoms with Crippen molar-refractivity contribution in [3.8, 4) is 0 Å². The van der Waals surface area contributed by atoms with E-state index in [2.05, 4.69) is 18.6 Å². The number of hydrogen-bond acceptors (Lipinski definition) is 4. The molecule has 22 heavy (non-hydrogen) atoms. The van der Waals surface area contributed by atoms with Gasteiger partial charge in [-0.2, -0.15) is 0 Å². The smallest absolute Gasteiger partial charge is 0.465 e. The molecule has 0 saturated carbocycles. The first-order valence-electron chi connectivity index (χ1n) is 7.36. The van der Waals surface area contributed by atoms with E-state index in [-0.39, 0.29) is 11.5 Å². The summed E-state index contributed by atoms with van der Waals surface area (Å²) in [6.45, 7) is 10.1. The molecule has 0 spiro atoms. The van der Waals surface area contributed by atoms with Crippen molar-refractivity contribution in [1.82, 2.24) is 0 Å². The first-order valence-corrected chi connectivity index (χ1v) is 7.36. The Kier molecular flexibility index (Phi) is 4.37. The van der Waals surface area contributed by atoms with E-state index in [1.165, 1.54) is 19.2 Å². The molecule has 4 nitrogen and oxygen atoms in total. The van der Waals surface area contributed by atoms with E-state index in [1.807, 2.05) is 20.8 Å². The van der Waals surface area contributed by atoms with E-state index in [9.17, 15) is 9.18 Å². The molecule has 6 heteroatoms. The third-order valence-electron chi connectivity index (χ3n) is 4.72. The number of carbonyl (C=O) groups is 1. The van der Waals surface area contributed by atoms with Crippen LogP contribution < -0.4 is 5.46 Å². The van der Waals surface area contributed by atoms with Crippen molar-refractivity contribution in [2.45, 2.75) is 45.8 Å². The second kappa shape index (κ2) is 5.67. The zero-order valence-electron chi connectivity index (χ0n) is 13.9. The predicted molar refractivity (Wildman–Crippen MR) is 82.6 cm³/mol. The normalized spacial score (nSPS) is 23.9. The number of halogens is 1. The van der Waals surface area contributed by atoms with Gasteiger partial charge < -0.3 is 14.0 Å². The van der Waals surface area contributed by atoms with Crippen molar-refractivity contribution in [2.75, 3.05) is 7.11 Å². The van der Waals surface area contributed by atoms with Gasteiger partial charge in [0.15, 0.2) is 0 Å². The molecule has 0 bridgehead atoms.